The Morgan fingerprint density at radius 1 is 1.28 bits per heavy atom. The molecule has 1 aromatic carbocycles. The van der Waals surface area contributed by atoms with E-state index in [1.54, 1.807) is 10.8 Å². The molecule has 0 bridgehead atoms. The lowest BCUT2D eigenvalue weighted by molar-refractivity contribution is 0.573. The van der Waals surface area contributed by atoms with Crippen molar-refractivity contribution < 1.29 is 0 Å². The number of rotatable bonds is 4. The highest BCUT2D eigenvalue weighted by Crippen LogP contribution is 2.18. The maximum atomic E-state index is 11.7. The summed E-state index contributed by atoms with van der Waals surface area (Å²) in [6.45, 7) is 2.43. The SMILES string of the molecule is Cc1ccn(CC(CS)c2ccccc2)c(=O)n1. The molecule has 0 N–H and O–H groups in total. The maximum Gasteiger partial charge on any atom is 0.347 e. The van der Waals surface area contributed by atoms with Gasteiger partial charge in [0.15, 0.2) is 0 Å². The topological polar surface area (TPSA) is 34.9 Å². The zero-order valence-corrected chi connectivity index (χ0v) is 11.2. The van der Waals surface area contributed by atoms with Gasteiger partial charge in [-0.3, -0.25) is 4.57 Å². The normalized spacial score (nSPS) is 12.3. The van der Waals surface area contributed by atoms with Crippen LogP contribution in [0.1, 0.15) is 17.2 Å². The van der Waals surface area contributed by atoms with Crippen LogP contribution in [0, 0.1) is 6.92 Å². The predicted molar refractivity (Wildman–Crippen MR) is 76.3 cm³/mol. The minimum atomic E-state index is -0.197. The summed E-state index contributed by atoms with van der Waals surface area (Å²) in [7, 11) is 0. The summed E-state index contributed by atoms with van der Waals surface area (Å²) in [6, 6.07) is 12.0. The zero-order valence-electron chi connectivity index (χ0n) is 10.3. The molecule has 2 aromatic rings. The van der Waals surface area contributed by atoms with Crippen molar-refractivity contribution in [3.05, 3.63) is 64.3 Å². The lowest BCUT2D eigenvalue weighted by atomic mass is 10.0. The van der Waals surface area contributed by atoms with Crippen LogP contribution in [0.15, 0.2) is 47.4 Å². The first-order valence-corrected chi connectivity index (χ1v) is 6.54. The molecular weight excluding hydrogens is 244 g/mol. The first kappa shape index (κ1) is 12.9. The zero-order chi connectivity index (χ0) is 13.0. The van der Waals surface area contributed by atoms with Gasteiger partial charge in [-0.1, -0.05) is 30.3 Å². The molecule has 4 heteroatoms. The van der Waals surface area contributed by atoms with E-state index in [0.717, 1.165) is 5.69 Å². The van der Waals surface area contributed by atoms with Gasteiger partial charge in [-0.25, -0.2) is 4.79 Å². The van der Waals surface area contributed by atoms with Crippen LogP contribution in [0.2, 0.25) is 0 Å². The van der Waals surface area contributed by atoms with Gasteiger partial charge in [0.1, 0.15) is 0 Å². The molecule has 1 unspecified atom stereocenters. The summed E-state index contributed by atoms with van der Waals surface area (Å²) < 4.78 is 1.64. The highest BCUT2D eigenvalue weighted by atomic mass is 32.1. The Labute approximate surface area is 112 Å². The van der Waals surface area contributed by atoms with Crippen LogP contribution in [0.3, 0.4) is 0 Å². The minimum absolute atomic E-state index is 0.197. The van der Waals surface area contributed by atoms with Crippen molar-refractivity contribution in [2.75, 3.05) is 5.75 Å². The molecule has 0 aliphatic heterocycles. The fraction of sp³-hybridized carbons (Fsp3) is 0.286. The summed E-state index contributed by atoms with van der Waals surface area (Å²) in [5, 5.41) is 0. The standard InChI is InChI=1S/C14H16N2OS/c1-11-7-8-16(14(17)15-11)9-13(10-18)12-5-3-2-4-6-12/h2-8,13,18H,9-10H2,1H3. The number of hydrogen-bond donors (Lipinski definition) is 1. The Balaban J connectivity index is 2.23. The van der Waals surface area contributed by atoms with E-state index >= 15 is 0 Å². The number of aromatic nitrogens is 2. The Bertz CT molecular complexity index is 566. The molecule has 2 rings (SSSR count). The van der Waals surface area contributed by atoms with E-state index in [1.165, 1.54) is 5.56 Å². The number of thiol groups is 1. The predicted octanol–water partition coefficient (Wildman–Crippen LogP) is 2.27. The van der Waals surface area contributed by atoms with Gasteiger partial charge >= 0.3 is 5.69 Å². The Morgan fingerprint density at radius 3 is 2.61 bits per heavy atom. The van der Waals surface area contributed by atoms with E-state index in [2.05, 4.69) is 29.7 Å². The molecule has 1 atom stereocenters. The third kappa shape index (κ3) is 3.01. The molecule has 0 spiro atoms. The van der Waals surface area contributed by atoms with Crippen LogP contribution in [0.4, 0.5) is 0 Å². The number of nitrogens with zero attached hydrogens (tertiary/aromatic N) is 2. The third-order valence-corrected chi connectivity index (χ3v) is 3.36. The van der Waals surface area contributed by atoms with Crippen molar-refractivity contribution in [3.63, 3.8) is 0 Å². The average molecular weight is 260 g/mol. The molecule has 0 saturated heterocycles. The van der Waals surface area contributed by atoms with E-state index < -0.39 is 0 Å². The molecule has 0 radical (unpaired) electrons. The number of hydrogen-bond acceptors (Lipinski definition) is 3. The van der Waals surface area contributed by atoms with Crippen LogP contribution in [0.5, 0.6) is 0 Å². The summed E-state index contributed by atoms with van der Waals surface area (Å²) in [4.78, 5) is 15.7. The van der Waals surface area contributed by atoms with Crippen LogP contribution in [-0.2, 0) is 6.54 Å². The van der Waals surface area contributed by atoms with Gasteiger partial charge in [-0.05, 0) is 24.3 Å². The molecule has 0 aliphatic rings. The van der Waals surface area contributed by atoms with Gasteiger partial charge < -0.3 is 0 Å². The van der Waals surface area contributed by atoms with Gasteiger partial charge in [0, 0.05) is 24.4 Å². The van der Waals surface area contributed by atoms with Crippen molar-refractivity contribution in [2.45, 2.75) is 19.4 Å². The number of aryl methyl sites for hydroxylation is 1. The minimum Gasteiger partial charge on any atom is -0.299 e. The van der Waals surface area contributed by atoms with Gasteiger partial charge in [0.25, 0.3) is 0 Å². The second-order valence-electron chi connectivity index (χ2n) is 4.29. The molecule has 0 fully saturated rings. The van der Waals surface area contributed by atoms with Gasteiger partial charge in [0.2, 0.25) is 0 Å². The summed E-state index contributed by atoms with van der Waals surface area (Å²) in [5.41, 5.74) is 1.75. The monoisotopic (exact) mass is 260 g/mol. The molecule has 3 nitrogen and oxygen atoms in total. The largest absolute Gasteiger partial charge is 0.347 e. The molecule has 18 heavy (non-hydrogen) atoms. The van der Waals surface area contributed by atoms with Crippen LogP contribution >= 0.6 is 12.6 Å². The second-order valence-corrected chi connectivity index (χ2v) is 4.66. The van der Waals surface area contributed by atoms with Crippen molar-refractivity contribution in [3.8, 4) is 0 Å². The van der Waals surface area contributed by atoms with Gasteiger partial charge in [-0.15, -0.1) is 0 Å². The van der Waals surface area contributed by atoms with E-state index in [1.807, 2.05) is 31.2 Å². The fourth-order valence-corrected chi connectivity index (χ4v) is 2.21. The van der Waals surface area contributed by atoms with Crippen molar-refractivity contribution in [1.29, 1.82) is 0 Å². The molecular formula is C14H16N2OS. The average Bonchev–Trinajstić information content (AvgIpc) is 2.39. The smallest absolute Gasteiger partial charge is 0.299 e. The van der Waals surface area contributed by atoms with E-state index in [4.69, 9.17) is 0 Å². The van der Waals surface area contributed by atoms with Crippen LogP contribution in [0.25, 0.3) is 0 Å². The second kappa shape index (κ2) is 5.87. The molecule has 1 heterocycles. The van der Waals surface area contributed by atoms with E-state index in [9.17, 15) is 4.79 Å². The Morgan fingerprint density at radius 2 is 2.00 bits per heavy atom. The lowest BCUT2D eigenvalue weighted by Crippen LogP contribution is -2.26. The van der Waals surface area contributed by atoms with E-state index in [0.29, 0.717) is 12.3 Å². The van der Waals surface area contributed by atoms with Gasteiger partial charge in [-0.2, -0.15) is 17.6 Å². The summed E-state index contributed by atoms with van der Waals surface area (Å²) in [6.07, 6.45) is 1.80. The summed E-state index contributed by atoms with van der Waals surface area (Å²) in [5.74, 6) is 0.918. The van der Waals surface area contributed by atoms with Crippen LogP contribution in [-0.4, -0.2) is 15.3 Å². The third-order valence-electron chi connectivity index (χ3n) is 2.92. The molecule has 1 aromatic heterocycles. The maximum absolute atomic E-state index is 11.7. The fourth-order valence-electron chi connectivity index (χ4n) is 1.88. The van der Waals surface area contributed by atoms with Crippen molar-refractivity contribution >= 4 is 12.6 Å². The van der Waals surface area contributed by atoms with Crippen LogP contribution < -0.4 is 5.69 Å². The Hall–Kier alpha value is -1.55. The Kier molecular flexibility index (Phi) is 4.20. The molecule has 94 valence electrons. The van der Waals surface area contributed by atoms with Crippen molar-refractivity contribution in [2.24, 2.45) is 0 Å². The van der Waals surface area contributed by atoms with Gasteiger partial charge in [0.05, 0.1) is 0 Å². The molecule has 0 aliphatic carbocycles. The van der Waals surface area contributed by atoms with Crippen molar-refractivity contribution in [1.82, 2.24) is 9.55 Å². The summed E-state index contributed by atoms with van der Waals surface area (Å²) >= 11 is 4.38. The highest BCUT2D eigenvalue weighted by molar-refractivity contribution is 7.80. The number of benzene rings is 1. The molecule has 0 amide bonds. The van der Waals surface area contributed by atoms with E-state index in [-0.39, 0.29) is 11.6 Å². The highest BCUT2D eigenvalue weighted by Gasteiger charge is 2.11. The quantitative estimate of drug-likeness (QED) is 0.856. The first-order valence-electron chi connectivity index (χ1n) is 5.90. The molecule has 0 saturated carbocycles. The first-order chi connectivity index (χ1) is 8.70. The lowest BCUT2D eigenvalue weighted by Gasteiger charge is -2.16.